The molecule has 0 saturated carbocycles. The van der Waals surface area contributed by atoms with Crippen LogP contribution < -0.4 is 14.0 Å². The largest absolute Gasteiger partial charge is 0.183 e. The van der Waals surface area contributed by atoms with Crippen LogP contribution >= 0.6 is 0 Å². The Bertz CT molecular complexity index is 80.9. The summed E-state index contributed by atoms with van der Waals surface area (Å²) >= 11 is 0. The molecule has 58 valence electrons. The van der Waals surface area contributed by atoms with Crippen molar-refractivity contribution in [3.63, 3.8) is 0 Å². The molecule has 0 rings (SSSR count). The van der Waals surface area contributed by atoms with Gasteiger partial charge < -0.3 is 5.21 Å². The first-order valence-corrected chi connectivity index (χ1v) is 2.46. The Kier molecular flexibility index (Phi) is 24.1. The maximum Gasteiger partial charge on any atom is 0.0777 e. The maximum atomic E-state index is 8.60. The number of hydrogen-bond acceptors (Lipinski definition) is 6. The van der Waals surface area contributed by atoms with Crippen molar-refractivity contribution in [1.82, 2.24) is 0 Å². The fraction of sp³-hybridized carbons (Fsp3) is 0. The predicted octanol–water partition coefficient (Wildman–Crippen LogP) is -5.50. The third-order valence-electron chi connectivity index (χ3n) is 0. The van der Waals surface area contributed by atoms with Gasteiger partial charge in [0.15, 0.2) is 0 Å². The summed E-state index contributed by atoms with van der Waals surface area (Å²) in [5.41, 5.74) is 0. The van der Waals surface area contributed by atoms with Gasteiger partial charge in [0.05, 0.1) is 14.9 Å². The van der Waals surface area contributed by atoms with Gasteiger partial charge in [0.2, 0.25) is 0 Å². The molecule has 11 heteroatoms. The van der Waals surface area contributed by atoms with Crippen LogP contribution in [0.3, 0.4) is 0 Å². The molecule has 0 unspecified atom stereocenters. The summed E-state index contributed by atoms with van der Waals surface area (Å²) in [5, 5.41) is 13.6. The van der Waals surface area contributed by atoms with Crippen LogP contribution in [-0.4, -0.2) is 82.2 Å². The van der Waals surface area contributed by atoms with Gasteiger partial charge in [-0.1, -0.05) is 0 Å². The van der Waals surface area contributed by atoms with E-state index in [1.807, 2.05) is 0 Å². The van der Waals surface area contributed by atoms with Crippen molar-refractivity contribution in [3.8, 4) is 0 Å². The fourth-order valence-electron chi connectivity index (χ4n) is 0. The van der Waals surface area contributed by atoms with E-state index in [1.165, 1.54) is 0 Å². The zero-order valence-electron chi connectivity index (χ0n) is 4.47. The van der Waals surface area contributed by atoms with Crippen LogP contribution in [0.2, 0.25) is 0 Å². The van der Waals surface area contributed by atoms with Gasteiger partial charge in [-0.25, -0.2) is 0 Å². The predicted molar refractivity (Wildman–Crippen MR) is 23.9 cm³/mol. The standard InChI is InChI=1S/Ca.ClHO4.HNO3.Na.H/c;2-1(3,4)5;2-1(3)4;;/h;(H,2,3,4,5);(H,2,3,4);;/q+2;;;;. The second kappa shape index (κ2) is 11.6. The summed E-state index contributed by atoms with van der Waals surface area (Å²) in [6, 6.07) is 0. The Morgan fingerprint density at radius 3 is 1.27 bits per heavy atom. The van der Waals surface area contributed by atoms with E-state index in [1.54, 1.807) is 0 Å². The maximum absolute atomic E-state index is 8.60. The van der Waals surface area contributed by atoms with Crippen molar-refractivity contribution in [2.75, 3.05) is 0 Å². The van der Waals surface area contributed by atoms with E-state index >= 15 is 0 Å². The van der Waals surface area contributed by atoms with E-state index < -0.39 is 15.3 Å². The first kappa shape index (κ1) is 22.9. The van der Waals surface area contributed by atoms with Crippen molar-refractivity contribution in [2.24, 2.45) is 0 Å². The van der Waals surface area contributed by atoms with E-state index in [-0.39, 0.29) is 67.3 Å². The van der Waals surface area contributed by atoms with Gasteiger partial charge in [0.1, 0.15) is 0 Å². The summed E-state index contributed by atoms with van der Waals surface area (Å²) in [6.07, 6.45) is 0. The second-order valence-corrected chi connectivity index (χ2v) is 1.43. The van der Waals surface area contributed by atoms with E-state index in [0.29, 0.717) is 0 Å². The third-order valence-corrected chi connectivity index (χ3v) is 0. The quantitative estimate of drug-likeness (QED) is 0.238. The third kappa shape index (κ3) is 422. The zero-order chi connectivity index (χ0) is 8.08. The van der Waals surface area contributed by atoms with E-state index in [4.69, 9.17) is 34.0 Å². The molecule has 0 saturated heterocycles. The van der Waals surface area contributed by atoms with Crippen LogP contribution in [0.4, 0.5) is 0 Å². The molecule has 0 radical (unpaired) electrons. The summed E-state index contributed by atoms with van der Waals surface area (Å²) in [5.74, 6) is 0. The topological polar surface area (TPSA) is 153 Å². The Morgan fingerprint density at radius 2 is 1.27 bits per heavy atom. The first-order valence-electron chi connectivity index (χ1n) is 1.20. The summed E-state index contributed by atoms with van der Waals surface area (Å²) in [7, 11) is -4.69. The van der Waals surface area contributed by atoms with Gasteiger partial charge in [0, 0.05) is 0 Å². The molecule has 11 heavy (non-hydrogen) atoms. The number of rotatable bonds is 0. The van der Waals surface area contributed by atoms with Gasteiger partial charge in [0.25, 0.3) is 5.09 Å². The van der Waals surface area contributed by atoms with Crippen molar-refractivity contribution >= 4 is 67.3 Å². The minimum absolute atomic E-state index is 0. The average molecular weight is 228 g/mol. The molecule has 0 amide bonds. The van der Waals surface area contributed by atoms with E-state index in [2.05, 4.69) is 0 Å². The molecule has 0 aromatic carbocycles. The van der Waals surface area contributed by atoms with Gasteiger partial charge in [-0.05, 0) is 0 Å². The Labute approximate surface area is 115 Å². The van der Waals surface area contributed by atoms with Crippen molar-refractivity contribution in [2.45, 2.75) is 0 Å². The molecule has 8 nitrogen and oxygen atoms in total. The molecular weight excluding hydrogens is 225 g/mol. The van der Waals surface area contributed by atoms with Gasteiger partial charge in [-0.3, -0.25) is 0 Å². The minimum Gasteiger partial charge on any atom is -0.183 e. The monoisotopic (exact) mass is 227 g/mol. The molecule has 0 aliphatic carbocycles. The molecule has 2 N–H and O–H groups in total. The molecule has 0 atom stereocenters. The molecular formula is H3CaClNNaO7+2. The molecule has 0 bridgehead atoms. The van der Waals surface area contributed by atoms with E-state index in [0.717, 1.165) is 0 Å². The first-order chi connectivity index (χ1) is 3.73. The van der Waals surface area contributed by atoms with Crippen LogP contribution in [-0.2, 0) is 0 Å². The Hall–Kier alpha value is 1.59. The number of nitrogens with zero attached hydrogens (tertiary/aromatic N) is 1. The van der Waals surface area contributed by atoms with Crippen LogP contribution in [0.25, 0.3) is 0 Å². The number of halogens is 1. The number of hydrogen-bond donors (Lipinski definition) is 2. The van der Waals surface area contributed by atoms with Crippen LogP contribution in [0.1, 0.15) is 0 Å². The average Bonchev–Trinajstić information content (AvgIpc) is 1.19. The van der Waals surface area contributed by atoms with E-state index in [9.17, 15) is 0 Å². The smallest absolute Gasteiger partial charge is 0.0777 e. The Balaban J connectivity index is -0.0000000383. The molecule has 0 aliphatic heterocycles. The fourth-order valence-corrected chi connectivity index (χ4v) is 0. The minimum atomic E-state index is -4.69. The normalized spacial score (nSPS) is 7.64. The molecule has 0 aromatic rings. The van der Waals surface area contributed by atoms with Gasteiger partial charge in [-0.15, -0.1) is 10.1 Å². The molecule has 0 aliphatic rings. The van der Waals surface area contributed by atoms with Gasteiger partial charge >= 0.3 is 67.3 Å². The summed E-state index contributed by atoms with van der Waals surface area (Å²) in [4.78, 5) is 8.36. The summed E-state index contributed by atoms with van der Waals surface area (Å²) in [6.45, 7) is 0. The summed E-state index contributed by atoms with van der Waals surface area (Å²) < 4.78 is 32.7. The van der Waals surface area contributed by atoms with Crippen LogP contribution in [0.15, 0.2) is 0 Å². The van der Waals surface area contributed by atoms with Crippen molar-refractivity contribution < 1.29 is 39.2 Å². The van der Waals surface area contributed by atoms with Crippen molar-refractivity contribution in [1.29, 1.82) is 0 Å². The van der Waals surface area contributed by atoms with Crippen LogP contribution in [0.5, 0.6) is 0 Å². The molecule has 0 aromatic heterocycles. The van der Waals surface area contributed by atoms with Crippen molar-refractivity contribution in [3.05, 3.63) is 10.1 Å². The van der Waals surface area contributed by atoms with Gasteiger partial charge in [-0.2, -0.15) is 14.0 Å². The van der Waals surface area contributed by atoms with Crippen LogP contribution in [0, 0.1) is 20.4 Å². The molecule has 0 heterocycles. The Morgan fingerprint density at radius 1 is 1.27 bits per heavy atom. The molecule has 0 spiro atoms. The zero-order valence-corrected chi connectivity index (χ0v) is 7.43. The SMILES string of the molecule is O=[N+]([O-])O.[Ca+2].[NaH].[O-][Cl+3]([O-])([O-])O. The molecule has 0 fully saturated rings. The second-order valence-electron chi connectivity index (χ2n) is 0.634.